The number of nitrogens with zero attached hydrogens (tertiary/aromatic N) is 1. The molecule has 84 valence electrons. The molecule has 0 saturated heterocycles. The van der Waals surface area contributed by atoms with Gasteiger partial charge in [0.15, 0.2) is 0 Å². The Labute approximate surface area is 93.4 Å². The van der Waals surface area contributed by atoms with Crippen molar-refractivity contribution in [3.8, 4) is 0 Å². The number of rotatable bonds is 1. The van der Waals surface area contributed by atoms with Crippen LogP contribution in [-0.4, -0.2) is 10.9 Å². The van der Waals surface area contributed by atoms with Gasteiger partial charge in [-0.2, -0.15) is 0 Å². The third kappa shape index (κ3) is 1.07. The van der Waals surface area contributed by atoms with E-state index in [-0.39, 0.29) is 29.8 Å². The van der Waals surface area contributed by atoms with Crippen molar-refractivity contribution in [2.24, 2.45) is 0 Å². The zero-order chi connectivity index (χ0) is 11.4. The van der Waals surface area contributed by atoms with Crippen molar-refractivity contribution in [2.45, 2.75) is 32.0 Å². The summed E-state index contributed by atoms with van der Waals surface area (Å²) in [7, 11) is 0. The predicted octanol–water partition coefficient (Wildman–Crippen LogP) is 3.34. The maximum atomic E-state index is 13.7. The maximum absolute atomic E-state index is 13.7. The highest BCUT2D eigenvalue weighted by molar-refractivity contribution is 5.48. The van der Waals surface area contributed by atoms with Crippen LogP contribution in [0.25, 0.3) is 0 Å². The highest BCUT2D eigenvalue weighted by atomic mass is 19.1. The van der Waals surface area contributed by atoms with Gasteiger partial charge in [-0.15, -0.1) is 0 Å². The first-order valence-corrected chi connectivity index (χ1v) is 5.55. The Kier molecular flexibility index (Phi) is 1.96. The molecule has 2 bridgehead atoms. The predicted molar refractivity (Wildman–Crippen MR) is 58.0 cm³/mol. The van der Waals surface area contributed by atoms with E-state index < -0.39 is 0 Å². The largest absolute Gasteiger partial charge is 0.280 e. The van der Waals surface area contributed by atoms with Gasteiger partial charge in [0.05, 0.1) is 12.1 Å². The van der Waals surface area contributed by atoms with Crippen LogP contribution in [0.1, 0.15) is 37.1 Å². The minimum absolute atomic E-state index is 0.0873. The summed E-state index contributed by atoms with van der Waals surface area (Å²) in [6.45, 7) is 4.10. The fraction of sp³-hybridized carbons (Fsp3) is 0.385. The van der Waals surface area contributed by atoms with Crippen molar-refractivity contribution in [3.63, 3.8) is 0 Å². The Morgan fingerprint density at radius 3 is 1.81 bits per heavy atom. The van der Waals surface area contributed by atoms with Crippen molar-refractivity contribution in [1.29, 1.82) is 0 Å². The highest BCUT2D eigenvalue weighted by Crippen LogP contribution is 2.51. The van der Waals surface area contributed by atoms with E-state index in [9.17, 15) is 8.78 Å². The van der Waals surface area contributed by atoms with Gasteiger partial charge >= 0.3 is 0 Å². The fourth-order valence-corrected chi connectivity index (χ4v) is 2.90. The maximum Gasteiger partial charge on any atom is 0.128 e. The van der Waals surface area contributed by atoms with Crippen LogP contribution >= 0.6 is 0 Å². The summed E-state index contributed by atoms with van der Waals surface area (Å²) in [5.41, 5.74) is 1.06. The van der Waals surface area contributed by atoms with Crippen molar-refractivity contribution < 1.29 is 8.78 Å². The van der Waals surface area contributed by atoms with Crippen LogP contribution in [0, 0.1) is 11.6 Å². The lowest BCUT2D eigenvalue weighted by Crippen LogP contribution is -2.28. The van der Waals surface area contributed by atoms with Crippen LogP contribution in [0.3, 0.4) is 0 Å². The van der Waals surface area contributed by atoms with Crippen molar-refractivity contribution in [2.75, 3.05) is 0 Å². The molecule has 2 heterocycles. The summed E-state index contributed by atoms with van der Waals surface area (Å²) in [4.78, 5) is 2.14. The molecule has 1 nitrogen and oxygen atoms in total. The SMILES string of the molecule is CC(C)N1C2C=CC1c1c(F)ccc(F)c12. The van der Waals surface area contributed by atoms with E-state index in [2.05, 4.69) is 18.7 Å². The summed E-state index contributed by atoms with van der Waals surface area (Å²) in [6.07, 6.45) is 3.94. The molecule has 0 amide bonds. The van der Waals surface area contributed by atoms with Gasteiger partial charge in [0.1, 0.15) is 11.6 Å². The number of hydrogen-bond acceptors (Lipinski definition) is 1. The molecule has 1 aromatic rings. The van der Waals surface area contributed by atoms with Gasteiger partial charge in [0.2, 0.25) is 0 Å². The second-order valence-electron chi connectivity index (χ2n) is 4.67. The average molecular weight is 221 g/mol. The zero-order valence-electron chi connectivity index (χ0n) is 9.24. The Balaban J connectivity index is 2.20. The average Bonchev–Trinajstić information content (AvgIpc) is 2.79. The van der Waals surface area contributed by atoms with E-state index in [4.69, 9.17) is 0 Å². The molecule has 0 fully saturated rings. The smallest absolute Gasteiger partial charge is 0.128 e. The van der Waals surface area contributed by atoms with E-state index in [1.165, 1.54) is 12.1 Å². The molecule has 0 radical (unpaired) electrons. The third-order valence-electron chi connectivity index (χ3n) is 3.49. The molecule has 0 aromatic heterocycles. The topological polar surface area (TPSA) is 3.24 Å². The second kappa shape index (κ2) is 3.14. The second-order valence-corrected chi connectivity index (χ2v) is 4.67. The van der Waals surface area contributed by atoms with Crippen molar-refractivity contribution in [1.82, 2.24) is 4.90 Å². The van der Waals surface area contributed by atoms with Gasteiger partial charge in [-0.1, -0.05) is 12.2 Å². The Morgan fingerprint density at radius 1 is 1.00 bits per heavy atom. The van der Waals surface area contributed by atoms with Gasteiger partial charge in [0, 0.05) is 17.2 Å². The van der Waals surface area contributed by atoms with E-state index in [1.54, 1.807) is 0 Å². The minimum atomic E-state index is -0.293. The van der Waals surface area contributed by atoms with Gasteiger partial charge in [-0.3, -0.25) is 4.90 Å². The molecule has 0 N–H and O–H groups in total. The van der Waals surface area contributed by atoms with Crippen LogP contribution in [0.15, 0.2) is 24.3 Å². The van der Waals surface area contributed by atoms with Crippen LogP contribution in [0.4, 0.5) is 8.78 Å². The first kappa shape index (κ1) is 9.97. The molecule has 1 aromatic carbocycles. The molecule has 0 aliphatic carbocycles. The molecule has 2 aliphatic heterocycles. The lowest BCUT2D eigenvalue weighted by atomic mass is 9.96. The van der Waals surface area contributed by atoms with E-state index in [1.807, 2.05) is 12.2 Å². The first-order valence-electron chi connectivity index (χ1n) is 5.55. The first-order chi connectivity index (χ1) is 7.61. The number of halogens is 2. The number of hydrogen-bond donors (Lipinski definition) is 0. The van der Waals surface area contributed by atoms with Gasteiger partial charge < -0.3 is 0 Å². The normalized spacial score (nSPS) is 26.8. The highest BCUT2D eigenvalue weighted by Gasteiger charge is 2.44. The molecule has 2 atom stereocenters. The number of fused-ring (bicyclic) bond motifs is 5. The van der Waals surface area contributed by atoms with E-state index in [0.29, 0.717) is 11.1 Å². The fourth-order valence-electron chi connectivity index (χ4n) is 2.90. The van der Waals surface area contributed by atoms with Crippen LogP contribution < -0.4 is 0 Å². The quantitative estimate of drug-likeness (QED) is 0.657. The Bertz CT molecular complexity index is 440. The molecule has 2 aliphatic rings. The summed E-state index contributed by atoms with van der Waals surface area (Å²) in [5.74, 6) is -0.585. The lowest BCUT2D eigenvalue weighted by Gasteiger charge is -2.26. The van der Waals surface area contributed by atoms with Crippen molar-refractivity contribution in [3.05, 3.63) is 47.0 Å². The van der Waals surface area contributed by atoms with Crippen molar-refractivity contribution >= 4 is 0 Å². The van der Waals surface area contributed by atoms with Gasteiger partial charge in [-0.25, -0.2) is 8.78 Å². The molecular formula is C13H13F2N. The molecule has 16 heavy (non-hydrogen) atoms. The molecule has 0 saturated carbocycles. The van der Waals surface area contributed by atoms with E-state index in [0.717, 1.165) is 0 Å². The number of benzene rings is 1. The monoisotopic (exact) mass is 221 g/mol. The summed E-state index contributed by atoms with van der Waals surface area (Å²) < 4.78 is 27.5. The zero-order valence-corrected chi connectivity index (χ0v) is 9.24. The van der Waals surface area contributed by atoms with Gasteiger partial charge in [0.25, 0.3) is 0 Å². The Morgan fingerprint density at radius 2 is 1.44 bits per heavy atom. The van der Waals surface area contributed by atoms with Crippen LogP contribution in [0.5, 0.6) is 0 Å². The molecule has 3 heteroatoms. The lowest BCUT2D eigenvalue weighted by molar-refractivity contribution is 0.185. The standard InChI is InChI=1S/C13H13F2N/c1-7(2)16-10-5-6-11(16)13-9(15)4-3-8(14)12(10)13/h3-7,10-11H,1-2H3. The van der Waals surface area contributed by atoms with Gasteiger partial charge in [-0.05, 0) is 26.0 Å². The molecule has 3 rings (SSSR count). The summed E-state index contributed by atoms with van der Waals surface area (Å²) in [5, 5.41) is 0. The third-order valence-corrected chi connectivity index (χ3v) is 3.49. The summed E-state index contributed by atoms with van der Waals surface area (Å²) in [6, 6.07) is 2.55. The molecule has 2 unspecified atom stereocenters. The minimum Gasteiger partial charge on any atom is -0.280 e. The Hall–Kier alpha value is -1.22. The van der Waals surface area contributed by atoms with E-state index >= 15 is 0 Å². The summed E-state index contributed by atoms with van der Waals surface area (Å²) >= 11 is 0. The molecule has 0 spiro atoms. The molecular weight excluding hydrogens is 208 g/mol. The van der Waals surface area contributed by atoms with Crippen LogP contribution in [0.2, 0.25) is 0 Å². The van der Waals surface area contributed by atoms with Crippen LogP contribution in [-0.2, 0) is 0 Å².